The van der Waals surface area contributed by atoms with E-state index in [1.165, 1.54) is 39.9 Å². The maximum absolute atomic E-state index is 5.85. The molecule has 0 amide bonds. The van der Waals surface area contributed by atoms with Gasteiger partial charge in [-0.2, -0.15) is 11.8 Å². The van der Waals surface area contributed by atoms with E-state index < -0.39 is 0 Å². The molecule has 2 heterocycles. The number of thiazole rings is 1. The number of hydrogen-bond donors (Lipinski definition) is 1. The molecule has 2 aliphatic rings. The third-order valence-corrected chi connectivity index (χ3v) is 7.75. The number of aromatic nitrogens is 1. The van der Waals surface area contributed by atoms with Crippen LogP contribution in [0.3, 0.4) is 0 Å². The van der Waals surface area contributed by atoms with Crippen LogP contribution in [0, 0.1) is 0 Å². The van der Waals surface area contributed by atoms with Crippen molar-refractivity contribution in [2.75, 3.05) is 11.5 Å². The number of nitrogens with two attached hydrogens (primary N) is 1. The quantitative estimate of drug-likeness (QED) is 0.924. The maximum atomic E-state index is 5.85. The van der Waals surface area contributed by atoms with Gasteiger partial charge in [0.25, 0.3) is 0 Å². The van der Waals surface area contributed by atoms with Gasteiger partial charge in [0.05, 0.1) is 10.9 Å². The largest absolute Gasteiger partial charge is 0.326 e. The maximum Gasteiger partial charge on any atom is 0.107 e. The Labute approximate surface area is 115 Å². The van der Waals surface area contributed by atoms with Crippen molar-refractivity contribution in [3.63, 3.8) is 0 Å². The molecular formula is C12H18N2S3. The van der Waals surface area contributed by atoms with Crippen molar-refractivity contribution in [1.82, 2.24) is 4.98 Å². The Balaban J connectivity index is 1.86. The molecule has 3 rings (SSSR count). The highest BCUT2D eigenvalue weighted by molar-refractivity contribution is 8.06. The summed E-state index contributed by atoms with van der Waals surface area (Å²) >= 11 is 6.03. The summed E-state index contributed by atoms with van der Waals surface area (Å²) in [6.45, 7) is 3.00. The van der Waals surface area contributed by atoms with Crippen LogP contribution in [0.5, 0.6) is 0 Å². The van der Waals surface area contributed by atoms with Crippen molar-refractivity contribution >= 4 is 34.9 Å². The van der Waals surface area contributed by atoms with Crippen molar-refractivity contribution in [3.05, 3.63) is 15.6 Å². The van der Waals surface area contributed by atoms with Crippen LogP contribution in [-0.2, 0) is 6.54 Å². The van der Waals surface area contributed by atoms with Crippen molar-refractivity contribution in [1.29, 1.82) is 0 Å². The third kappa shape index (κ3) is 2.53. The molecule has 0 bridgehead atoms. The number of nitrogens with zero attached hydrogens (tertiary/aromatic N) is 1. The van der Waals surface area contributed by atoms with E-state index in [9.17, 15) is 0 Å². The smallest absolute Gasteiger partial charge is 0.107 e. The van der Waals surface area contributed by atoms with Gasteiger partial charge < -0.3 is 5.73 Å². The van der Waals surface area contributed by atoms with Crippen molar-refractivity contribution in [3.8, 4) is 0 Å². The fraction of sp³-hybridized carbons (Fsp3) is 0.750. The van der Waals surface area contributed by atoms with Gasteiger partial charge in [0.1, 0.15) is 5.01 Å². The van der Waals surface area contributed by atoms with Crippen LogP contribution in [0.2, 0.25) is 0 Å². The molecule has 1 aromatic heterocycles. The van der Waals surface area contributed by atoms with Gasteiger partial charge in [0.2, 0.25) is 0 Å². The molecule has 1 saturated carbocycles. The van der Waals surface area contributed by atoms with E-state index in [-0.39, 0.29) is 0 Å². The first-order chi connectivity index (χ1) is 8.29. The monoisotopic (exact) mass is 286 g/mol. The SMILES string of the molecule is CC1SCCSC1c1nc(C2CC2)c(CN)s1. The zero-order valence-electron chi connectivity index (χ0n) is 10.0. The first-order valence-corrected chi connectivity index (χ1v) is 9.13. The fourth-order valence-corrected chi connectivity index (χ4v) is 6.42. The third-order valence-electron chi connectivity index (χ3n) is 3.32. The van der Waals surface area contributed by atoms with Crippen LogP contribution in [-0.4, -0.2) is 21.7 Å². The second-order valence-corrected chi connectivity index (χ2v) is 8.56. The van der Waals surface area contributed by atoms with Gasteiger partial charge in [-0.1, -0.05) is 6.92 Å². The van der Waals surface area contributed by atoms with Crippen molar-refractivity contribution in [2.24, 2.45) is 5.73 Å². The first-order valence-electron chi connectivity index (χ1n) is 6.22. The zero-order chi connectivity index (χ0) is 11.8. The highest BCUT2D eigenvalue weighted by Crippen LogP contribution is 2.48. The van der Waals surface area contributed by atoms with Gasteiger partial charge in [-0.25, -0.2) is 4.98 Å². The summed E-state index contributed by atoms with van der Waals surface area (Å²) in [4.78, 5) is 6.26. The summed E-state index contributed by atoms with van der Waals surface area (Å²) < 4.78 is 0. The molecule has 94 valence electrons. The van der Waals surface area contributed by atoms with E-state index in [0.717, 1.165) is 5.92 Å². The van der Waals surface area contributed by atoms with Gasteiger partial charge in [0, 0.05) is 34.1 Å². The standard InChI is InChI=1S/C12H18N2S3/c1-7-11(16-5-4-15-7)12-14-10(8-2-3-8)9(6-13)17-12/h7-8,11H,2-6,13H2,1H3. The Kier molecular flexibility index (Phi) is 3.71. The van der Waals surface area contributed by atoms with Crippen LogP contribution in [0.4, 0.5) is 0 Å². The highest BCUT2D eigenvalue weighted by atomic mass is 32.2. The van der Waals surface area contributed by atoms with E-state index in [0.29, 0.717) is 17.0 Å². The molecule has 2 unspecified atom stereocenters. The van der Waals surface area contributed by atoms with Crippen LogP contribution in [0.1, 0.15) is 46.5 Å². The van der Waals surface area contributed by atoms with Gasteiger partial charge in [-0.3, -0.25) is 0 Å². The highest BCUT2D eigenvalue weighted by Gasteiger charge is 2.32. The molecule has 2 nitrogen and oxygen atoms in total. The molecule has 0 spiro atoms. The van der Waals surface area contributed by atoms with E-state index >= 15 is 0 Å². The van der Waals surface area contributed by atoms with Crippen molar-refractivity contribution < 1.29 is 0 Å². The van der Waals surface area contributed by atoms with Crippen molar-refractivity contribution in [2.45, 2.75) is 42.7 Å². The Morgan fingerprint density at radius 3 is 2.71 bits per heavy atom. The summed E-state index contributed by atoms with van der Waals surface area (Å²) in [6.07, 6.45) is 2.64. The molecule has 0 radical (unpaired) electrons. The summed E-state index contributed by atoms with van der Waals surface area (Å²) in [5, 5.41) is 2.62. The number of hydrogen-bond acceptors (Lipinski definition) is 5. The zero-order valence-corrected chi connectivity index (χ0v) is 12.5. The lowest BCUT2D eigenvalue weighted by atomic mass is 10.2. The second-order valence-electron chi connectivity index (χ2n) is 4.71. The van der Waals surface area contributed by atoms with E-state index in [1.807, 2.05) is 11.3 Å². The van der Waals surface area contributed by atoms with Crippen LogP contribution in [0.15, 0.2) is 0 Å². The van der Waals surface area contributed by atoms with Crippen LogP contribution in [0.25, 0.3) is 0 Å². The normalized spacial score (nSPS) is 29.5. The molecular weight excluding hydrogens is 268 g/mol. The molecule has 2 N–H and O–H groups in total. The average molecular weight is 286 g/mol. The predicted octanol–water partition coefficient (Wildman–Crippen LogP) is 3.39. The summed E-state index contributed by atoms with van der Waals surface area (Å²) in [7, 11) is 0. The van der Waals surface area contributed by atoms with Gasteiger partial charge in [0.15, 0.2) is 0 Å². The van der Waals surface area contributed by atoms with Crippen LogP contribution < -0.4 is 5.73 Å². The molecule has 17 heavy (non-hydrogen) atoms. The Morgan fingerprint density at radius 2 is 2.06 bits per heavy atom. The minimum Gasteiger partial charge on any atom is -0.326 e. The summed E-state index contributed by atoms with van der Waals surface area (Å²) in [5.74, 6) is 3.28. The van der Waals surface area contributed by atoms with E-state index in [1.54, 1.807) is 0 Å². The molecule has 5 heteroatoms. The van der Waals surface area contributed by atoms with Crippen LogP contribution >= 0.6 is 34.9 Å². The molecule has 2 fully saturated rings. The Bertz CT molecular complexity index is 400. The lowest BCUT2D eigenvalue weighted by Crippen LogP contribution is -2.15. The first kappa shape index (κ1) is 12.3. The molecule has 0 aromatic carbocycles. The lowest BCUT2D eigenvalue weighted by molar-refractivity contribution is 0.875. The van der Waals surface area contributed by atoms with Gasteiger partial charge in [-0.15, -0.1) is 23.1 Å². The van der Waals surface area contributed by atoms with E-state index in [4.69, 9.17) is 10.7 Å². The Hall–Kier alpha value is 0.290. The molecule has 1 aliphatic heterocycles. The number of rotatable bonds is 3. The Morgan fingerprint density at radius 1 is 1.29 bits per heavy atom. The lowest BCUT2D eigenvalue weighted by Gasteiger charge is -2.25. The second kappa shape index (κ2) is 5.11. The van der Waals surface area contributed by atoms with Gasteiger partial charge >= 0.3 is 0 Å². The summed E-state index contributed by atoms with van der Waals surface area (Å²) in [6, 6.07) is 0. The minimum atomic E-state index is 0.594. The minimum absolute atomic E-state index is 0.594. The molecule has 2 atom stereocenters. The average Bonchev–Trinajstić information content (AvgIpc) is 3.10. The van der Waals surface area contributed by atoms with Gasteiger partial charge in [-0.05, 0) is 12.8 Å². The summed E-state index contributed by atoms with van der Waals surface area (Å²) in [5.41, 5.74) is 7.18. The van der Waals surface area contributed by atoms with E-state index in [2.05, 4.69) is 30.4 Å². The molecule has 1 aromatic rings. The number of thioether (sulfide) groups is 2. The molecule has 1 aliphatic carbocycles. The fourth-order valence-electron chi connectivity index (χ4n) is 2.23. The topological polar surface area (TPSA) is 38.9 Å². The molecule has 1 saturated heterocycles. The predicted molar refractivity (Wildman–Crippen MR) is 79.1 cm³/mol.